The molecule has 0 aliphatic carbocycles. The van der Waals surface area contributed by atoms with Crippen LogP contribution >= 0.6 is 11.8 Å². The van der Waals surface area contributed by atoms with Crippen molar-refractivity contribution < 1.29 is 9.59 Å². The molecule has 2 amide bonds. The predicted molar refractivity (Wildman–Crippen MR) is 129 cm³/mol. The highest BCUT2D eigenvalue weighted by molar-refractivity contribution is 8.00. The molecule has 5 nitrogen and oxygen atoms in total. The maximum atomic E-state index is 13.2. The van der Waals surface area contributed by atoms with Crippen molar-refractivity contribution in [2.75, 3.05) is 10.6 Å². The summed E-state index contributed by atoms with van der Waals surface area (Å²) >= 11 is 1.49. The fraction of sp³-hybridized carbons (Fsp3) is 0.0385. The minimum atomic E-state index is -0.424. The number of benzene rings is 3. The number of amides is 2. The molecule has 2 N–H and O–H groups in total. The summed E-state index contributed by atoms with van der Waals surface area (Å²) in [5.74, 6) is -0.399. The van der Waals surface area contributed by atoms with E-state index in [2.05, 4.69) is 15.6 Å². The van der Waals surface area contributed by atoms with Crippen molar-refractivity contribution in [3.8, 4) is 0 Å². The van der Waals surface area contributed by atoms with E-state index >= 15 is 0 Å². The number of anilines is 2. The molecule has 0 saturated carbocycles. The van der Waals surface area contributed by atoms with Crippen LogP contribution in [0.15, 0.2) is 114 Å². The second-order valence-corrected chi connectivity index (χ2v) is 8.17. The molecule has 0 bridgehead atoms. The van der Waals surface area contributed by atoms with Crippen LogP contribution in [-0.2, 0) is 4.79 Å². The lowest BCUT2D eigenvalue weighted by molar-refractivity contribution is -0.115. The van der Waals surface area contributed by atoms with E-state index in [0.717, 1.165) is 10.5 Å². The maximum Gasteiger partial charge on any atom is 0.257 e. The number of carbonyl (C=O) groups is 2. The first-order valence-corrected chi connectivity index (χ1v) is 11.0. The Labute approximate surface area is 190 Å². The second kappa shape index (κ2) is 10.4. The summed E-state index contributed by atoms with van der Waals surface area (Å²) in [6, 6.07) is 30.0. The Hall–Kier alpha value is -3.90. The van der Waals surface area contributed by atoms with Gasteiger partial charge in [0.15, 0.2) is 0 Å². The summed E-state index contributed by atoms with van der Waals surface area (Å²) in [6.45, 7) is 0. The van der Waals surface area contributed by atoms with Crippen molar-refractivity contribution >= 4 is 35.0 Å². The van der Waals surface area contributed by atoms with Gasteiger partial charge in [0.1, 0.15) is 5.25 Å². The van der Waals surface area contributed by atoms with Gasteiger partial charge in [0.25, 0.3) is 5.91 Å². The quantitative estimate of drug-likeness (QED) is 0.357. The Kier molecular flexibility index (Phi) is 6.94. The number of carbonyl (C=O) groups excluding carboxylic acids is 2. The van der Waals surface area contributed by atoms with Crippen LogP contribution in [0.5, 0.6) is 0 Å². The van der Waals surface area contributed by atoms with E-state index in [1.807, 2.05) is 60.7 Å². The van der Waals surface area contributed by atoms with Crippen LogP contribution in [0.3, 0.4) is 0 Å². The van der Waals surface area contributed by atoms with Gasteiger partial charge in [-0.1, -0.05) is 54.6 Å². The summed E-state index contributed by atoms with van der Waals surface area (Å²) in [4.78, 5) is 30.6. The highest BCUT2D eigenvalue weighted by atomic mass is 32.2. The monoisotopic (exact) mass is 439 g/mol. The van der Waals surface area contributed by atoms with Crippen molar-refractivity contribution in [1.82, 2.24) is 4.98 Å². The van der Waals surface area contributed by atoms with Crippen molar-refractivity contribution in [1.29, 1.82) is 0 Å². The highest BCUT2D eigenvalue weighted by Gasteiger charge is 2.22. The summed E-state index contributed by atoms with van der Waals surface area (Å²) < 4.78 is 0. The van der Waals surface area contributed by atoms with Gasteiger partial charge in [-0.2, -0.15) is 0 Å². The van der Waals surface area contributed by atoms with Crippen molar-refractivity contribution in [2.45, 2.75) is 10.1 Å². The third-order valence-corrected chi connectivity index (χ3v) is 5.92. The first kappa shape index (κ1) is 21.3. The summed E-state index contributed by atoms with van der Waals surface area (Å²) in [7, 11) is 0. The van der Waals surface area contributed by atoms with Crippen LogP contribution in [0.2, 0.25) is 0 Å². The standard InChI is InChI=1S/C26H21N3O2S/c30-25(20-11-8-16-27-18-20)28-21-12-7-13-22(17-21)29-26(31)24(19-9-3-1-4-10-19)32-23-14-5-2-6-15-23/h1-18,24H,(H,28,30)(H,29,31). The summed E-state index contributed by atoms with van der Waals surface area (Å²) in [6.07, 6.45) is 3.12. The van der Waals surface area contributed by atoms with Crippen LogP contribution in [0.4, 0.5) is 11.4 Å². The third-order valence-electron chi connectivity index (χ3n) is 4.65. The van der Waals surface area contributed by atoms with Crippen LogP contribution < -0.4 is 10.6 Å². The molecule has 0 aliphatic heterocycles. The van der Waals surface area contributed by atoms with Crippen molar-refractivity contribution in [3.63, 3.8) is 0 Å². The molecule has 0 radical (unpaired) electrons. The highest BCUT2D eigenvalue weighted by Crippen LogP contribution is 2.36. The molecule has 1 atom stereocenters. The zero-order chi connectivity index (χ0) is 22.2. The predicted octanol–water partition coefficient (Wildman–Crippen LogP) is 5.81. The molecule has 1 heterocycles. The smallest absolute Gasteiger partial charge is 0.257 e. The fourth-order valence-electron chi connectivity index (χ4n) is 3.12. The number of hydrogen-bond donors (Lipinski definition) is 2. The van der Waals surface area contributed by atoms with Gasteiger partial charge in [0, 0.05) is 28.7 Å². The van der Waals surface area contributed by atoms with Crippen LogP contribution in [0.25, 0.3) is 0 Å². The molecule has 0 saturated heterocycles. The van der Waals surface area contributed by atoms with E-state index in [1.54, 1.807) is 42.6 Å². The van der Waals surface area contributed by atoms with Gasteiger partial charge in [0.05, 0.1) is 5.56 Å². The molecule has 32 heavy (non-hydrogen) atoms. The zero-order valence-electron chi connectivity index (χ0n) is 17.1. The van der Waals surface area contributed by atoms with E-state index in [9.17, 15) is 9.59 Å². The number of aromatic nitrogens is 1. The fourth-order valence-corrected chi connectivity index (χ4v) is 4.16. The first-order chi connectivity index (χ1) is 15.7. The number of rotatable bonds is 7. The number of nitrogens with zero attached hydrogens (tertiary/aromatic N) is 1. The van der Waals surface area contributed by atoms with Gasteiger partial charge in [0.2, 0.25) is 5.91 Å². The van der Waals surface area contributed by atoms with Crippen LogP contribution in [0, 0.1) is 0 Å². The normalized spacial score (nSPS) is 11.4. The summed E-state index contributed by atoms with van der Waals surface area (Å²) in [5, 5.41) is 5.40. The third kappa shape index (κ3) is 5.62. The van der Waals surface area contributed by atoms with Crippen LogP contribution in [-0.4, -0.2) is 16.8 Å². The van der Waals surface area contributed by atoms with Gasteiger partial charge in [-0.25, -0.2) is 0 Å². The van der Waals surface area contributed by atoms with Crippen LogP contribution in [0.1, 0.15) is 21.2 Å². The zero-order valence-corrected chi connectivity index (χ0v) is 18.0. The Morgan fingerprint density at radius 3 is 2.12 bits per heavy atom. The van der Waals surface area contributed by atoms with Gasteiger partial charge in [-0.3, -0.25) is 14.6 Å². The minimum absolute atomic E-state index is 0.138. The summed E-state index contributed by atoms with van der Waals surface area (Å²) in [5.41, 5.74) is 2.57. The van der Waals surface area contributed by atoms with Gasteiger partial charge < -0.3 is 10.6 Å². The van der Waals surface area contributed by atoms with E-state index in [1.165, 1.54) is 18.0 Å². The SMILES string of the molecule is O=C(Nc1cccc(NC(=O)C(Sc2ccccc2)c2ccccc2)c1)c1cccnc1. The average Bonchev–Trinajstić information content (AvgIpc) is 2.84. The molecule has 0 fully saturated rings. The number of nitrogens with one attached hydrogen (secondary N) is 2. The van der Waals surface area contributed by atoms with E-state index in [0.29, 0.717) is 16.9 Å². The second-order valence-electron chi connectivity index (χ2n) is 6.99. The molecule has 4 rings (SSSR count). The number of thioether (sulfide) groups is 1. The van der Waals surface area contributed by atoms with E-state index in [4.69, 9.17) is 0 Å². The topological polar surface area (TPSA) is 71.1 Å². The Morgan fingerprint density at radius 1 is 0.750 bits per heavy atom. The molecule has 0 spiro atoms. The Bertz CT molecular complexity index is 1190. The van der Waals surface area contributed by atoms with Gasteiger partial charge in [-0.15, -0.1) is 11.8 Å². The van der Waals surface area contributed by atoms with Gasteiger partial charge in [-0.05, 0) is 48.0 Å². The van der Waals surface area contributed by atoms with Crippen molar-refractivity contribution in [2.24, 2.45) is 0 Å². The molecule has 4 aromatic rings. The Balaban J connectivity index is 1.50. The van der Waals surface area contributed by atoms with E-state index in [-0.39, 0.29) is 11.8 Å². The number of pyridine rings is 1. The lowest BCUT2D eigenvalue weighted by Crippen LogP contribution is -2.19. The number of hydrogen-bond acceptors (Lipinski definition) is 4. The molecule has 1 unspecified atom stereocenters. The molecular formula is C26H21N3O2S. The van der Waals surface area contributed by atoms with Gasteiger partial charge >= 0.3 is 0 Å². The first-order valence-electron chi connectivity index (χ1n) is 10.1. The molecule has 1 aromatic heterocycles. The lowest BCUT2D eigenvalue weighted by Gasteiger charge is -2.17. The maximum absolute atomic E-state index is 13.2. The van der Waals surface area contributed by atoms with E-state index < -0.39 is 5.25 Å². The largest absolute Gasteiger partial charge is 0.325 e. The molecule has 3 aromatic carbocycles. The van der Waals surface area contributed by atoms with Crippen molar-refractivity contribution in [3.05, 3.63) is 121 Å². The lowest BCUT2D eigenvalue weighted by atomic mass is 10.1. The average molecular weight is 440 g/mol. The molecule has 0 aliphatic rings. The molecule has 6 heteroatoms. The minimum Gasteiger partial charge on any atom is -0.325 e. The molecule has 158 valence electrons. The Morgan fingerprint density at radius 2 is 1.44 bits per heavy atom. The molecular weight excluding hydrogens is 418 g/mol.